The van der Waals surface area contributed by atoms with Crippen LogP contribution < -0.4 is 5.73 Å². The van der Waals surface area contributed by atoms with Gasteiger partial charge in [0.05, 0.1) is 6.10 Å². The highest BCUT2D eigenvalue weighted by atomic mass is 19.1. The van der Waals surface area contributed by atoms with Gasteiger partial charge in [0.1, 0.15) is 11.6 Å². The molecule has 0 aliphatic carbocycles. The number of benzene rings is 1. The van der Waals surface area contributed by atoms with Crippen molar-refractivity contribution in [2.45, 2.75) is 18.9 Å². The quantitative estimate of drug-likeness (QED) is 0.873. The number of hydrogen-bond acceptors (Lipinski definition) is 3. The summed E-state index contributed by atoms with van der Waals surface area (Å²) in [5.41, 5.74) is 5.33. The lowest BCUT2D eigenvalue weighted by Gasteiger charge is -2.31. The normalized spacial score (nSPS) is 18.9. The minimum Gasteiger partial charge on any atom is -0.387 e. The van der Waals surface area contributed by atoms with Crippen molar-refractivity contribution in [3.05, 3.63) is 35.4 Å². The Kier molecular flexibility index (Phi) is 4.67. The van der Waals surface area contributed by atoms with Crippen LogP contribution in [0.25, 0.3) is 0 Å². The van der Waals surface area contributed by atoms with Crippen LogP contribution >= 0.6 is 0 Å². The number of nitrogens with two attached hydrogens (primary N) is 1. The van der Waals surface area contributed by atoms with Crippen molar-refractivity contribution in [1.82, 2.24) is 4.90 Å². The first-order valence-corrected chi connectivity index (χ1v) is 6.62. The highest BCUT2D eigenvalue weighted by molar-refractivity contribution is 5.76. The molecule has 1 amide bonds. The molecule has 1 unspecified atom stereocenters. The topological polar surface area (TPSA) is 66.6 Å². The third-order valence-corrected chi connectivity index (χ3v) is 3.74. The molecule has 1 heterocycles. The zero-order chi connectivity index (χ0) is 14.7. The first kappa shape index (κ1) is 14.9. The lowest BCUT2D eigenvalue weighted by atomic mass is 9.96. The Labute approximate surface area is 116 Å². The first-order valence-electron chi connectivity index (χ1n) is 6.62. The molecule has 6 heteroatoms. The lowest BCUT2D eigenvalue weighted by molar-refractivity contribution is -0.123. The summed E-state index contributed by atoms with van der Waals surface area (Å²) in [4.78, 5) is 13.0. The van der Waals surface area contributed by atoms with Gasteiger partial charge in [0.25, 0.3) is 0 Å². The largest absolute Gasteiger partial charge is 0.387 e. The predicted octanol–water partition coefficient (Wildman–Crippen LogP) is 1.20. The van der Waals surface area contributed by atoms with E-state index in [1.165, 1.54) is 6.07 Å². The van der Waals surface area contributed by atoms with Gasteiger partial charge in [-0.05, 0) is 32.0 Å². The molecule has 1 atom stereocenters. The van der Waals surface area contributed by atoms with Gasteiger partial charge >= 0.3 is 0 Å². The van der Waals surface area contributed by atoms with Crippen LogP contribution in [0.5, 0.6) is 0 Å². The van der Waals surface area contributed by atoms with E-state index in [1.807, 2.05) is 4.90 Å². The number of carbonyl (C=O) groups is 1. The van der Waals surface area contributed by atoms with Crippen LogP contribution in [0, 0.1) is 17.6 Å². The van der Waals surface area contributed by atoms with Crippen molar-refractivity contribution in [3.8, 4) is 0 Å². The smallest absolute Gasteiger partial charge is 0.220 e. The average molecular weight is 284 g/mol. The van der Waals surface area contributed by atoms with Crippen molar-refractivity contribution in [2.75, 3.05) is 19.6 Å². The second-order valence-corrected chi connectivity index (χ2v) is 5.16. The zero-order valence-corrected chi connectivity index (χ0v) is 11.1. The standard InChI is InChI=1S/C14H18F2N2O2/c15-10-1-2-11(12(16)7-10)13(19)8-18-5-3-9(4-6-18)14(17)20/h1-2,7,9,13,19H,3-6,8H2,(H2,17,20). The molecule has 0 bridgehead atoms. The van der Waals surface area contributed by atoms with Crippen molar-refractivity contribution in [2.24, 2.45) is 11.7 Å². The zero-order valence-electron chi connectivity index (χ0n) is 11.1. The molecule has 4 nitrogen and oxygen atoms in total. The van der Waals surface area contributed by atoms with E-state index in [4.69, 9.17) is 5.73 Å². The molecule has 1 saturated heterocycles. The molecule has 1 aliphatic rings. The maximum atomic E-state index is 13.5. The molecule has 1 aliphatic heterocycles. The van der Waals surface area contributed by atoms with Crippen LogP contribution in [-0.4, -0.2) is 35.5 Å². The Balaban J connectivity index is 1.92. The van der Waals surface area contributed by atoms with E-state index >= 15 is 0 Å². The molecule has 110 valence electrons. The van der Waals surface area contributed by atoms with Gasteiger partial charge in [-0.25, -0.2) is 8.78 Å². The number of halogens is 2. The molecular weight excluding hydrogens is 266 g/mol. The molecular formula is C14H18F2N2O2. The van der Waals surface area contributed by atoms with Crippen LogP contribution in [0.1, 0.15) is 24.5 Å². The Morgan fingerprint density at radius 2 is 2.05 bits per heavy atom. The maximum absolute atomic E-state index is 13.5. The fourth-order valence-corrected chi connectivity index (χ4v) is 2.51. The number of carbonyl (C=O) groups excluding carboxylic acids is 1. The van der Waals surface area contributed by atoms with Crippen molar-refractivity contribution in [3.63, 3.8) is 0 Å². The molecule has 3 N–H and O–H groups in total. The minimum atomic E-state index is -1.01. The van der Waals surface area contributed by atoms with Crippen LogP contribution in [-0.2, 0) is 4.79 Å². The van der Waals surface area contributed by atoms with Crippen LogP contribution in [0.2, 0.25) is 0 Å². The number of likely N-dealkylation sites (tertiary alicyclic amines) is 1. The average Bonchev–Trinajstić information content (AvgIpc) is 2.39. The molecule has 0 aromatic heterocycles. The summed E-state index contributed by atoms with van der Waals surface area (Å²) in [5.74, 6) is -1.83. The number of primary amides is 1. The summed E-state index contributed by atoms with van der Waals surface area (Å²) in [6, 6.07) is 3.14. The fraction of sp³-hybridized carbons (Fsp3) is 0.500. The number of rotatable bonds is 4. The van der Waals surface area contributed by atoms with Gasteiger partial charge < -0.3 is 15.7 Å². The van der Waals surface area contributed by atoms with Gasteiger partial charge in [0.2, 0.25) is 5.91 Å². The number of hydrogen-bond donors (Lipinski definition) is 2. The van der Waals surface area contributed by atoms with Crippen LogP contribution in [0.15, 0.2) is 18.2 Å². The first-order chi connectivity index (χ1) is 9.47. The molecule has 0 radical (unpaired) electrons. The fourth-order valence-electron chi connectivity index (χ4n) is 2.51. The summed E-state index contributed by atoms with van der Waals surface area (Å²) in [6.07, 6.45) is 0.280. The third-order valence-electron chi connectivity index (χ3n) is 3.74. The predicted molar refractivity (Wildman–Crippen MR) is 69.7 cm³/mol. The third kappa shape index (κ3) is 3.52. The Hall–Kier alpha value is -1.53. The summed E-state index contributed by atoms with van der Waals surface area (Å²) in [5, 5.41) is 10.0. The number of β-amino-alcohol motifs (C(OH)–C–C–N with tert-alkyl or cyclic N) is 1. The van der Waals surface area contributed by atoms with E-state index < -0.39 is 17.7 Å². The summed E-state index contributed by atoms with van der Waals surface area (Å²) in [7, 11) is 0. The Morgan fingerprint density at radius 1 is 1.40 bits per heavy atom. The van der Waals surface area contributed by atoms with Crippen LogP contribution in [0.3, 0.4) is 0 Å². The summed E-state index contributed by atoms with van der Waals surface area (Å²) < 4.78 is 26.4. The van der Waals surface area contributed by atoms with E-state index in [9.17, 15) is 18.7 Å². The Morgan fingerprint density at radius 3 is 2.60 bits per heavy atom. The summed E-state index contributed by atoms with van der Waals surface area (Å²) >= 11 is 0. The maximum Gasteiger partial charge on any atom is 0.220 e. The number of amides is 1. The number of aliphatic hydroxyl groups excluding tert-OH is 1. The minimum absolute atomic E-state index is 0.0865. The van der Waals surface area contributed by atoms with Crippen molar-refractivity contribution < 1.29 is 18.7 Å². The lowest BCUT2D eigenvalue weighted by Crippen LogP contribution is -2.40. The van der Waals surface area contributed by atoms with Gasteiger partial charge in [-0.15, -0.1) is 0 Å². The second-order valence-electron chi connectivity index (χ2n) is 5.16. The van der Waals surface area contributed by atoms with Gasteiger partial charge in [0.15, 0.2) is 0 Å². The molecule has 1 aromatic rings. The van der Waals surface area contributed by atoms with Crippen molar-refractivity contribution >= 4 is 5.91 Å². The summed E-state index contributed by atoms with van der Waals surface area (Å²) in [6.45, 7) is 1.52. The molecule has 1 fully saturated rings. The van der Waals surface area contributed by atoms with Crippen molar-refractivity contribution in [1.29, 1.82) is 0 Å². The number of aliphatic hydroxyl groups is 1. The van der Waals surface area contributed by atoms with Gasteiger partial charge in [-0.1, -0.05) is 6.07 Å². The molecule has 0 saturated carbocycles. The van der Waals surface area contributed by atoms with Gasteiger partial charge in [-0.3, -0.25) is 4.79 Å². The van der Waals surface area contributed by atoms with Gasteiger partial charge in [0, 0.05) is 24.1 Å². The molecule has 1 aromatic carbocycles. The highest BCUT2D eigenvalue weighted by Gasteiger charge is 2.25. The molecule has 20 heavy (non-hydrogen) atoms. The van der Waals surface area contributed by atoms with Crippen LogP contribution in [0.4, 0.5) is 8.78 Å². The monoisotopic (exact) mass is 284 g/mol. The molecule has 0 spiro atoms. The van der Waals surface area contributed by atoms with E-state index in [0.717, 1.165) is 12.1 Å². The van der Waals surface area contributed by atoms with E-state index in [0.29, 0.717) is 25.9 Å². The molecule has 2 rings (SSSR count). The number of piperidine rings is 1. The highest BCUT2D eigenvalue weighted by Crippen LogP contribution is 2.22. The Bertz CT molecular complexity index is 488. The SMILES string of the molecule is NC(=O)C1CCN(CC(O)c2ccc(F)cc2F)CC1. The van der Waals surface area contributed by atoms with E-state index in [-0.39, 0.29) is 23.9 Å². The van der Waals surface area contributed by atoms with E-state index in [1.54, 1.807) is 0 Å². The van der Waals surface area contributed by atoms with E-state index in [2.05, 4.69) is 0 Å². The van der Waals surface area contributed by atoms with Gasteiger partial charge in [-0.2, -0.15) is 0 Å². The number of nitrogens with zero attached hydrogens (tertiary/aromatic N) is 1. The second kappa shape index (κ2) is 6.28.